The number of aromatic nitrogens is 5. The van der Waals surface area contributed by atoms with Gasteiger partial charge in [0.1, 0.15) is 0 Å². The maximum absolute atomic E-state index is 13.0. The van der Waals surface area contributed by atoms with E-state index in [1.165, 1.54) is 11.0 Å². The van der Waals surface area contributed by atoms with Gasteiger partial charge < -0.3 is 9.32 Å². The molecule has 0 saturated carbocycles. The van der Waals surface area contributed by atoms with Crippen molar-refractivity contribution in [3.63, 3.8) is 0 Å². The van der Waals surface area contributed by atoms with Crippen molar-refractivity contribution in [3.05, 3.63) is 64.9 Å². The van der Waals surface area contributed by atoms with Crippen LogP contribution < -0.4 is 0 Å². The highest BCUT2D eigenvalue weighted by atomic mass is 32.1. The summed E-state index contributed by atoms with van der Waals surface area (Å²) in [5.74, 6) is 0.998. The minimum absolute atomic E-state index is 0.0248. The van der Waals surface area contributed by atoms with Crippen LogP contribution in [-0.2, 0) is 0 Å². The number of thiophene rings is 1. The van der Waals surface area contributed by atoms with Gasteiger partial charge in [-0.3, -0.25) is 4.79 Å². The van der Waals surface area contributed by atoms with E-state index in [9.17, 15) is 4.79 Å². The van der Waals surface area contributed by atoms with E-state index < -0.39 is 0 Å². The van der Waals surface area contributed by atoms with Gasteiger partial charge in [0.25, 0.3) is 5.91 Å². The van der Waals surface area contributed by atoms with E-state index in [0.717, 1.165) is 24.1 Å². The number of rotatable bonds is 4. The first-order chi connectivity index (χ1) is 14.3. The Morgan fingerprint density at radius 3 is 2.90 bits per heavy atom. The largest absolute Gasteiger partial charge is 0.420 e. The number of carbonyl (C=O) groups is 1. The molecule has 5 rings (SSSR count). The molecule has 1 aliphatic rings. The lowest BCUT2D eigenvalue weighted by Gasteiger charge is -2.30. The Kier molecular flexibility index (Phi) is 4.65. The molecular formula is C20H18N6O2S. The third-order valence-corrected chi connectivity index (χ3v) is 5.65. The van der Waals surface area contributed by atoms with E-state index in [1.807, 2.05) is 47.2 Å². The van der Waals surface area contributed by atoms with Crippen molar-refractivity contribution in [3.8, 4) is 17.1 Å². The van der Waals surface area contributed by atoms with Gasteiger partial charge in [0.05, 0.1) is 17.8 Å². The topological polar surface area (TPSA) is 89.9 Å². The Hall–Kier alpha value is -3.33. The SMILES string of the molecule is O=C(c1cnn(-c2ccccc2)n1)N1CCC[C@H](c2nnc(-c3ccsc3)o2)C1. The summed E-state index contributed by atoms with van der Waals surface area (Å²) in [6.07, 6.45) is 3.30. The Labute approximate surface area is 170 Å². The Balaban J connectivity index is 1.31. The summed E-state index contributed by atoms with van der Waals surface area (Å²) in [7, 11) is 0. The monoisotopic (exact) mass is 406 g/mol. The van der Waals surface area contributed by atoms with Crippen LogP contribution in [0.1, 0.15) is 35.1 Å². The van der Waals surface area contributed by atoms with E-state index in [2.05, 4.69) is 20.4 Å². The standard InChI is InChI=1S/C20H18N6O2S/c27-20(17-11-21-26(24-17)16-6-2-1-3-7-16)25-9-4-5-14(12-25)18-22-23-19(28-18)15-8-10-29-13-15/h1-3,6-8,10-11,13-14H,4-5,9,12H2/t14-/m0/s1. The molecule has 1 amide bonds. The fourth-order valence-electron chi connectivity index (χ4n) is 3.47. The molecule has 29 heavy (non-hydrogen) atoms. The molecule has 0 spiro atoms. The molecule has 1 atom stereocenters. The van der Waals surface area contributed by atoms with Crippen LogP contribution in [0.5, 0.6) is 0 Å². The lowest BCUT2D eigenvalue weighted by atomic mass is 9.98. The molecule has 1 aliphatic heterocycles. The predicted octanol–water partition coefficient (Wildman–Crippen LogP) is 3.40. The second-order valence-corrected chi connectivity index (χ2v) is 7.68. The highest BCUT2D eigenvalue weighted by Gasteiger charge is 2.30. The van der Waals surface area contributed by atoms with E-state index in [4.69, 9.17) is 4.42 Å². The highest BCUT2D eigenvalue weighted by molar-refractivity contribution is 7.08. The summed E-state index contributed by atoms with van der Waals surface area (Å²) in [6, 6.07) is 11.5. The van der Waals surface area contributed by atoms with E-state index in [-0.39, 0.29) is 11.8 Å². The minimum atomic E-state index is -0.130. The quantitative estimate of drug-likeness (QED) is 0.516. The van der Waals surface area contributed by atoms with Crippen molar-refractivity contribution in [2.24, 2.45) is 0 Å². The first-order valence-electron chi connectivity index (χ1n) is 9.41. The Morgan fingerprint density at radius 1 is 1.17 bits per heavy atom. The van der Waals surface area contributed by atoms with Crippen molar-refractivity contribution in [2.45, 2.75) is 18.8 Å². The van der Waals surface area contributed by atoms with Crippen molar-refractivity contribution in [1.82, 2.24) is 30.1 Å². The second kappa shape index (κ2) is 7.59. The van der Waals surface area contributed by atoms with Gasteiger partial charge in [0.15, 0.2) is 5.69 Å². The van der Waals surface area contributed by atoms with Gasteiger partial charge in [-0.1, -0.05) is 18.2 Å². The summed E-state index contributed by atoms with van der Waals surface area (Å²) >= 11 is 1.59. The lowest BCUT2D eigenvalue weighted by molar-refractivity contribution is 0.0692. The molecule has 1 fully saturated rings. The van der Waals surface area contributed by atoms with Gasteiger partial charge >= 0.3 is 0 Å². The lowest BCUT2D eigenvalue weighted by Crippen LogP contribution is -2.39. The van der Waals surface area contributed by atoms with Crippen LogP contribution >= 0.6 is 11.3 Å². The molecule has 4 heterocycles. The second-order valence-electron chi connectivity index (χ2n) is 6.90. The first kappa shape index (κ1) is 17.7. The van der Waals surface area contributed by atoms with Crippen LogP contribution in [0.4, 0.5) is 0 Å². The fraction of sp³-hybridized carbons (Fsp3) is 0.250. The smallest absolute Gasteiger partial charge is 0.276 e. The van der Waals surface area contributed by atoms with Gasteiger partial charge in [-0.05, 0) is 36.4 Å². The fourth-order valence-corrected chi connectivity index (χ4v) is 4.10. The van der Waals surface area contributed by atoms with Crippen LogP contribution in [0.15, 0.2) is 57.8 Å². The van der Waals surface area contributed by atoms with Gasteiger partial charge in [0.2, 0.25) is 11.8 Å². The zero-order chi connectivity index (χ0) is 19.6. The maximum atomic E-state index is 13.0. The third-order valence-electron chi connectivity index (χ3n) is 4.96. The van der Waals surface area contributed by atoms with E-state index >= 15 is 0 Å². The van der Waals surface area contributed by atoms with Gasteiger partial charge in [-0.15, -0.1) is 15.3 Å². The number of para-hydroxylation sites is 1. The van der Waals surface area contributed by atoms with Crippen LogP contribution in [0.2, 0.25) is 0 Å². The summed E-state index contributed by atoms with van der Waals surface area (Å²) in [5.41, 5.74) is 2.07. The van der Waals surface area contributed by atoms with Crippen LogP contribution in [0.25, 0.3) is 17.1 Å². The number of amides is 1. The number of carbonyl (C=O) groups excluding carboxylic acids is 1. The van der Waals surface area contributed by atoms with E-state index in [1.54, 1.807) is 16.2 Å². The van der Waals surface area contributed by atoms with Crippen molar-refractivity contribution < 1.29 is 9.21 Å². The zero-order valence-corrected chi connectivity index (χ0v) is 16.3. The third kappa shape index (κ3) is 3.56. The predicted molar refractivity (Wildman–Crippen MR) is 107 cm³/mol. The molecule has 0 unspecified atom stereocenters. The molecule has 146 valence electrons. The van der Waals surface area contributed by atoms with Gasteiger partial charge in [-0.25, -0.2) is 0 Å². The molecule has 0 aliphatic carbocycles. The number of likely N-dealkylation sites (tertiary alicyclic amines) is 1. The van der Waals surface area contributed by atoms with Crippen molar-refractivity contribution >= 4 is 17.2 Å². The van der Waals surface area contributed by atoms with Crippen molar-refractivity contribution in [2.75, 3.05) is 13.1 Å². The van der Waals surface area contributed by atoms with Crippen LogP contribution in [0.3, 0.4) is 0 Å². The summed E-state index contributed by atoms with van der Waals surface area (Å²) < 4.78 is 5.88. The van der Waals surface area contributed by atoms with E-state index in [0.29, 0.717) is 30.6 Å². The minimum Gasteiger partial charge on any atom is -0.420 e. The molecule has 8 nitrogen and oxygen atoms in total. The zero-order valence-electron chi connectivity index (χ0n) is 15.5. The van der Waals surface area contributed by atoms with Crippen LogP contribution in [0, 0.1) is 0 Å². The summed E-state index contributed by atoms with van der Waals surface area (Å²) in [6.45, 7) is 1.21. The molecule has 1 saturated heterocycles. The summed E-state index contributed by atoms with van der Waals surface area (Å²) in [5, 5.41) is 20.9. The van der Waals surface area contributed by atoms with Gasteiger partial charge in [0, 0.05) is 24.0 Å². The average Bonchev–Trinajstić information content (AvgIpc) is 3.55. The molecule has 0 radical (unpaired) electrons. The molecular weight excluding hydrogens is 388 g/mol. The van der Waals surface area contributed by atoms with Crippen molar-refractivity contribution in [1.29, 1.82) is 0 Å². The number of hydrogen-bond donors (Lipinski definition) is 0. The number of benzene rings is 1. The summed E-state index contributed by atoms with van der Waals surface area (Å²) in [4.78, 5) is 16.2. The number of piperidine rings is 1. The van der Waals surface area contributed by atoms with Crippen LogP contribution in [-0.4, -0.2) is 49.1 Å². The molecule has 0 N–H and O–H groups in total. The average molecular weight is 406 g/mol. The normalized spacial score (nSPS) is 16.8. The molecule has 4 aromatic rings. The molecule has 0 bridgehead atoms. The Morgan fingerprint density at radius 2 is 2.07 bits per heavy atom. The highest BCUT2D eigenvalue weighted by Crippen LogP contribution is 2.29. The Bertz CT molecular complexity index is 1110. The molecule has 9 heteroatoms. The molecule has 3 aromatic heterocycles. The first-order valence-corrected chi connectivity index (χ1v) is 10.4. The van der Waals surface area contributed by atoms with Gasteiger partial charge in [-0.2, -0.15) is 21.2 Å². The molecule has 1 aromatic carbocycles. The number of hydrogen-bond acceptors (Lipinski definition) is 7. The maximum Gasteiger partial charge on any atom is 0.276 e. The number of nitrogens with zero attached hydrogens (tertiary/aromatic N) is 6.